The lowest BCUT2D eigenvalue weighted by molar-refractivity contribution is -0.124. The van der Waals surface area contributed by atoms with Crippen LogP contribution in [0.2, 0.25) is 0 Å². The summed E-state index contributed by atoms with van der Waals surface area (Å²) < 4.78 is 0. The van der Waals surface area contributed by atoms with Crippen molar-refractivity contribution in [2.45, 2.75) is 40.5 Å². The van der Waals surface area contributed by atoms with Crippen molar-refractivity contribution < 1.29 is 4.79 Å². The third-order valence-corrected chi connectivity index (χ3v) is 2.75. The monoisotopic (exact) mass is 197 g/mol. The van der Waals surface area contributed by atoms with Crippen LogP contribution in [-0.2, 0) is 4.79 Å². The van der Waals surface area contributed by atoms with E-state index in [1.807, 2.05) is 0 Å². The molecule has 1 aliphatic rings. The predicted molar refractivity (Wildman–Crippen MR) is 59.3 cm³/mol. The van der Waals surface area contributed by atoms with Crippen LogP contribution >= 0.6 is 0 Å². The van der Waals surface area contributed by atoms with E-state index >= 15 is 0 Å². The smallest absolute Gasteiger partial charge is 0.134 e. The molecule has 0 saturated carbocycles. The molecule has 1 rings (SSSR count). The van der Waals surface area contributed by atoms with Crippen LogP contribution in [0.4, 0.5) is 0 Å². The summed E-state index contributed by atoms with van der Waals surface area (Å²) in [5.41, 5.74) is 0.282. The third kappa shape index (κ3) is 3.41. The minimum Gasteiger partial charge on any atom is -0.305 e. The Morgan fingerprint density at radius 2 is 1.36 bits per heavy atom. The van der Waals surface area contributed by atoms with Gasteiger partial charge in [-0.25, -0.2) is 0 Å². The molecule has 1 saturated heterocycles. The first kappa shape index (κ1) is 11.7. The molecule has 0 bridgehead atoms. The number of carbonyl (C=O) groups is 1. The molecule has 0 amide bonds. The molecule has 0 N–H and O–H groups in total. The summed E-state index contributed by atoms with van der Waals surface area (Å²) >= 11 is 0. The maximum absolute atomic E-state index is 11.8. The zero-order chi connectivity index (χ0) is 11.0. The van der Waals surface area contributed by atoms with Gasteiger partial charge in [-0.3, -0.25) is 4.79 Å². The van der Waals surface area contributed by atoms with Gasteiger partial charge in [0.1, 0.15) is 5.78 Å². The van der Waals surface area contributed by atoms with Gasteiger partial charge in [-0.15, -0.1) is 0 Å². The first-order valence-electron chi connectivity index (χ1n) is 5.41. The molecule has 1 aliphatic heterocycles. The van der Waals surface area contributed by atoms with Gasteiger partial charge in [0.2, 0.25) is 0 Å². The van der Waals surface area contributed by atoms with Crippen LogP contribution in [0.5, 0.6) is 0 Å². The molecule has 0 aliphatic carbocycles. The number of hydrogen-bond donors (Lipinski definition) is 0. The lowest BCUT2D eigenvalue weighted by Crippen LogP contribution is -2.42. The molecular weight excluding hydrogens is 174 g/mol. The van der Waals surface area contributed by atoms with Crippen molar-refractivity contribution in [1.29, 1.82) is 0 Å². The number of nitrogens with zero attached hydrogens (tertiary/aromatic N) is 1. The van der Waals surface area contributed by atoms with E-state index in [0.29, 0.717) is 5.78 Å². The van der Waals surface area contributed by atoms with Gasteiger partial charge in [0.25, 0.3) is 0 Å². The van der Waals surface area contributed by atoms with Gasteiger partial charge in [-0.1, -0.05) is 27.7 Å². The number of likely N-dealkylation sites (tertiary alicyclic amines) is 1. The Kier molecular flexibility index (Phi) is 3.05. The van der Waals surface area contributed by atoms with Crippen LogP contribution < -0.4 is 0 Å². The molecule has 1 fully saturated rings. The molecule has 2 nitrogen and oxygen atoms in total. The van der Waals surface area contributed by atoms with Crippen molar-refractivity contribution >= 4 is 5.78 Å². The number of hydrogen-bond acceptors (Lipinski definition) is 2. The molecule has 82 valence electrons. The topological polar surface area (TPSA) is 20.3 Å². The van der Waals surface area contributed by atoms with E-state index in [2.05, 4.69) is 39.6 Å². The second kappa shape index (κ2) is 3.65. The van der Waals surface area contributed by atoms with Crippen LogP contribution in [0.3, 0.4) is 0 Å². The van der Waals surface area contributed by atoms with E-state index in [9.17, 15) is 4.79 Å². The van der Waals surface area contributed by atoms with Crippen LogP contribution in [0, 0.1) is 10.8 Å². The van der Waals surface area contributed by atoms with Crippen LogP contribution in [0.25, 0.3) is 0 Å². The highest BCUT2D eigenvalue weighted by Crippen LogP contribution is 2.31. The fourth-order valence-corrected chi connectivity index (χ4v) is 2.76. The quantitative estimate of drug-likeness (QED) is 0.594. The van der Waals surface area contributed by atoms with Crippen molar-refractivity contribution in [3.63, 3.8) is 0 Å². The van der Waals surface area contributed by atoms with Crippen LogP contribution in [0.15, 0.2) is 0 Å². The normalized spacial score (nSPS) is 28.2. The fraction of sp³-hybridized carbons (Fsp3) is 0.917. The molecule has 0 aromatic carbocycles. The van der Waals surface area contributed by atoms with Crippen LogP contribution in [-0.4, -0.2) is 30.8 Å². The average molecular weight is 197 g/mol. The molecule has 0 aromatic rings. The van der Waals surface area contributed by atoms with Gasteiger partial charge in [0.05, 0.1) is 0 Å². The van der Waals surface area contributed by atoms with Crippen molar-refractivity contribution in [2.75, 3.05) is 20.1 Å². The summed E-state index contributed by atoms with van der Waals surface area (Å²) in [6.07, 6.45) is 1.45. The van der Waals surface area contributed by atoms with E-state index in [1.54, 1.807) is 0 Å². The van der Waals surface area contributed by atoms with Gasteiger partial charge in [-0.2, -0.15) is 0 Å². The first-order valence-corrected chi connectivity index (χ1v) is 5.41. The molecule has 0 aromatic heterocycles. The summed E-state index contributed by atoms with van der Waals surface area (Å²) in [6, 6.07) is 0. The highest BCUT2D eigenvalue weighted by molar-refractivity contribution is 5.79. The van der Waals surface area contributed by atoms with E-state index in [-0.39, 0.29) is 10.8 Å². The maximum atomic E-state index is 11.8. The summed E-state index contributed by atoms with van der Waals surface area (Å²) in [4.78, 5) is 14.1. The fourth-order valence-electron chi connectivity index (χ4n) is 2.76. The summed E-state index contributed by atoms with van der Waals surface area (Å²) in [7, 11) is 2.15. The average Bonchev–Trinajstić information content (AvgIpc) is 1.74. The van der Waals surface area contributed by atoms with E-state index in [4.69, 9.17) is 0 Å². The number of carbonyl (C=O) groups excluding carboxylic acids is 1. The summed E-state index contributed by atoms with van der Waals surface area (Å²) in [5.74, 6) is 0.424. The lowest BCUT2D eigenvalue weighted by Gasteiger charge is -2.38. The molecule has 0 radical (unpaired) electrons. The van der Waals surface area contributed by atoms with E-state index in [1.165, 1.54) is 0 Å². The Morgan fingerprint density at radius 3 is 1.71 bits per heavy atom. The predicted octanol–water partition coefficient (Wildman–Crippen LogP) is 2.33. The molecule has 1 heterocycles. The lowest BCUT2D eigenvalue weighted by atomic mass is 9.77. The molecule has 14 heavy (non-hydrogen) atoms. The molecule has 2 heteroatoms. The van der Waals surface area contributed by atoms with Gasteiger partial charge in [0, 0.05) is 25.9 Å². The minimum atomic E-state index is 0.141. The number of ketones is 1. The van der Waals surface area contributed by atoms with Crippen LogP contribution in [0.1, 0.15) is 40.5 Å². The second-order valence-electron chi connectivity index (χ2n) is 6.39. The summed E-state index contributed by atoms with van der Waals surface area (Å²) in [6.45, 7) is 10.8. The largest absolute Gasteiger partial charge is 0.305 e. The zero-order valence-electron chi connectivity index (χ0n) is 10.2. The van der Waals surface area contributed by atoms with Crippen molar-refractivity contribution in [2.24, 2.45) is 10.8 Å². The molecule has 0 spiro atoms. The van der Waals surface area contributed by atoms with Crippen molar-refractivity contribution in [1.82, 2.24) is 4.90 Å². The standard InChI is InChI=1S/C12H23NO/c1-11(2)6-10(14)7-12(3,4)9-13(5)8-11/h6-9H2,1-5H3. The molecular formula is C12H23NO. The Labute approximate surface area is 87.7 Å². The number of Topliss-reactive ketones (excluding diaryl/α,β-unsaturated/α-hetero) is 1. The Balaban J connectivity index is 2.76. The Bertz CT molecular complexity index is 208. The highest BCUT2D eigenvalue weighted by atomic mass is 16.1. The van der Waals surface area contributed by atoms with E-state index in [0.717, 1.165) is 25.9 Å². The van der Waals surface area contributed by atoms with Gasteiger partial charge < -0.3 is 4.90 Å². The van der Waals surface area contributed by atoms with Crippen molar-refractivity contribution in [3.05, 3.63) is 0 Å². The minimum absolute atomic E-state index is 0.141. The molecule has 0 atom stereocenters. The van der Waals surface area contributed by atoms with E-state index < -0.39 is 0 Å². The third-order valence-electron chi connectivity index (χ3n) is 2.75. The Hall–Kier alpha value is -0.370. The van der Waals surface area contributed by atoms with Gasteiger partial charge in [0.15, 0.2) is 0 Å². The number of rotatable bonds is 0. The zero-order valence-corrected chi connectivity index (χ0v) is 10.2. The molecule has 0 unspecified atom stereocenters. The van der Waals surface area contributed by atoms with Crippen molar-refractivity contribution in [3.8, 4) is 0 Å². The maximum Gasteiger partial charge on any atom is 0.134 e. The summed E-state index contributed by atoms with van der Waals surface area (Å²) in [5, 5.41) is 0. The highest BCUT2D eigenvalue weighted by Gasteiger charge is 2.32. The van der Waals surface area contributed by atoms with Gasteiger partial charge >= 0.3 is 0 Å². The first-order chi connectivity index (χ1) is 6.20. The SMILES string of the molecule is CN1CC(C)(C)CC(=O)CC(C)(C)C1. The van der Waals surface area contributed by atoms with Gasteiger partial charge in [-0.05, 0) is 17.9 Å². The Morgan fingerprint density at radius 1 is 1.00 bits per heavy atom. The second-order valence-corrected chi connectivity index (χ2v) is 6.39.